The van der Waals surface area contributed by atoms with Crippen molar-refractivity contribution >= 4 is 33.4 Å². The van der Waals surface area contributed by atoms with Crippen LogP contribution < -0.4 is 4.74 Å². The molecule has 7 heteroatoms. The zero-order valence-electron chi connectivity index (χ0n) is 18.9. The highest BCUT2D eigenvalue weighted by molar-refractivity contribution is 9.10. The van der Waals surface area contributed by atoms with Gasteiger partial charge in [-0.2, -0.15) is 0 Å². The van der Waals surface area contributed by atoms with E-state index in [1.54, 1.807) is 17.0 Å². The van der Waals surface area contributed by atoms with Crippen LogP contribution in [0.25, 0.3) is 5.76 Å². The lowest BCUT2D eigenvalue weighted by Crippen LogP contribution is -2.32. The van der Waals surface area contributed by atoms with Gasteiger partial charge in [-0.05, 0) is 82.4 Å². The lowest BCUT2D eigenvalue weighted by molar-refractivity contribution is -0.139. The van der Waals surface area contributed by atoms with E-state index in [-0.39, 0.29) is 11.3 Å². The number of aliphatic hydroxyl groups is 1. The highest BCUT2D eigenvalue weighted by atomic mass is 79.9. The van der Waals surface area contributed by atoms with E-state index in [4.69, 9.17) is 4.74 Å². The Labute approximate surface area is 197 Å². The van der Waals surface area contributed by atoms with Crippen LogP contribution in [0, 0.1) is 6.92 Å². The number of aryl methyl sites for hydroxylation is 1. The third kappa shape index (κ3) is 5.05. The van der Waals surface area contributed by atoms with Crippen molar-refractivity contribution < 1.29 is 19.4 Å². The molecule has 0 spiro atoms. The molecule has 1 fully saturated rings. The molecule has 1 heterocycles. The van der Waals surface area contributed by atoms with Crippen molar-refractivity contribution in [3.8, 4) is 5.75 Å². The molecule has 2 aromatic carbocycles. The van der Waals surface area contributed by atoms with Gasteiger partial charge in [-0.1, -0.05) is 28.1 Å². The van der Waals surface area contributed by atoms with E-state index in [1.807, 2.05) is 63.2 Å². The number of ether oxygens (including phenoxy) is 1. The fourth-order valence-electron chi connectivity index (χ4n) is 3.96. The monoisotopic (exact) mass is 500 g/mol. The summed E-state index contributed by atoms with van der Waals surface area (Å²) in [7, 11) is 3.93. The Morgan fingerprint density at radius 3 is 2.44 bits per heavy atom. The Morgan fingerprint density at radius 2 is 1.84 bits per heavy atom. The van der Waals surface area contributed by atoms with E-state index in [0.717, 1.165) is 28.6 Å². The second kappa shape index (κ2) is 10.3. The van der Waals surface area contributed by atoms with Gasteiger partial charge in [0.25, 0.3) is 11.7 Å². The summed E-state index contributed by atoms with van der Waals surface area (Å²) in [5.41, 5.74) is 2.18. The van der Waals surface area contributed by atoms with Gasteiger partial charge in [-0.15, -0.1) is 0 Å². The molecule has 1 atom stereocenters. The molecule has 1 amide bonds. The van der Waals surface area contributed by atoms with Crippen LogP contribution in [0.1, 0.15) is 36.1 Å². The first-order chi connectivity index (χ1) is 15.2. The largest absolute Gasteiger partial charge is 0.507 e. The molecule has 1 N–H and O–H groups in total. The minimum atomic E-state index is -0.659. The molecule has 32 heavy (non-hydrogen) atoms. The number of benzene rings is 2. The van der Waals surface area contributed by atoms with Gasteiger partial charge < -0.3 is 19.6 Å². The minimum absolute atomic E-state index is 0.120. The first kappa shape index (κ1) is 24.0. The van der Waals surface area contributed by atoms with Crippen LogP contribution in [0.4, 0.5) is 0 Å². The van der Waals surface area contributed by atoms with Crippen molar-refractivity contribution in [1.29, 1.82) is 0 Å². The molecule has 3 rings (SSSR count). The molecule has 1 aliphatic heterocycles. The van der Waals surface area contributed by atoms with Gasteiger partial charge in [-0.3, -0.25) is 9.59 Å². The predicted molar refractivity (Wildman–Crippen MR) is 129 cm³/mol. The number of aliphatic hydroxyl groups excluding tert-OH is 1. The SMILES string of the molecule is CCOc1ccc(C(O)=C2C(=O)C(=O)N(CCCN(C)C)[C@@H]2c2ccc(Br)cc2)c(C)c1. The number of amides is 1. The van der Waals surface area contributed by atoms with Crippen LogP contribution in [0.5, 0.6) is 5.75 Å². The molecular formula is C25H29BrN2O4. The highest BCUT2D eigenvalue weighted by Crippen LogP contribution is 2.40. The third-order valence-corrected chi connectivity index (χ3v) is 6.02. The Balaban J connectivity index is 2.09. The fraction of sp³-hybridized carbons (Fsp3) is 0.360. The van der Waals surface area contributed by atoms with Crippen LogP contribution >= 0.6 is 15.9 Å². The quantitative estimate of drug-likeness (QED) is 0.327. The van der Waals surface area contributed by atoms with Crippen molar-refractivity contribution in [2.24, 2.45) is 0 Å². The number of carbonyl (C=O) groups excluding carboxylic acids is 2. The fourth-order valence-corrected chi connectivity index (χ4v) is 4.23. The molecule has 0 aliphatic carbocycles. The van der Waals surface area contributed by atoms with Crippen molar-refractivity contribution in [2.45, 2.75) is 26.3 Å². The van der Waals surface area contributed by atoms with Gasteiger partial charge in [0.2, 0.25) is 0 Å². The summed E-state index contributed by atoms with van der Waals surface area (Å²) >= 11 is 3.43. The number of halogens is 1. The molecule has 1 aliphatic rings. The van der Waals surface area contributed by atoms with Crippen LogP contribution in [-0.4, -0.2) is 60.4 Å². The zero-order chi connectivity index (χ0) is 23.4. The van der Waals surface area contributed by atoms with Gasteiger partial charge in [0.05, 0.1) is 18.2 Å². The molecule has 0 bridgehead atoms. The number of hydrogen-bond donors (Lipinski definition) is 1. The average Bonchev–Trinajstić information content (AvgIpc) is 2.99. The number of Topliss-reactive ketones (excluding diaryl/α,β-unsaturated/α-hetero) is 1. The number of ketones is 1. The van der Waals surface area contributed by atoms with E-state index < -0.39 is 17.7 Å². The number of rotatable bonds is 8. The smallest absolute Gasteiger partial charge is 0.295 e. The third-order valence-electron chi connectivity index (χ3n) is 5.49. The number of nitrogens with zero attached hydrogens (tertiary/aromatic N) is 2. The molecule has 0 aromatic heterocycles. The van der Waals surface area contributed by atoms with Crippen LogP contribution in [0.2, 0.25) is 0 Å². The van der Waals surface area contributed by atoms with Crippen LogP contribution in [0.15, 0.2) is 52.5 Å². The summed E-state index contributed by atoms with van der Waals surface area (Å²) in [5, 5.41) is 11.2. The summed E-state index contributed by atoms with van der Waals surface area (Å²) in [4.78, 5) is 29.7. The maximum absolute atomic E-state index is 13.1. The normalized spacial score (nSPS) is 17.9. The molecule has 1 saturated heterocycles. The molecule has 170 valence electrons. The van der Waals surface area contributed by atoms with Gasteiger partial charge in [0, 0.05) is 16.6 Å². The predicted octanol–water partition coefficient (Wildman–Crippen LogP) is 4.53. The van der Waals surface area contributed by atoms with Gasteiger partial charge in [0.15, 0.2) is 0 Å². The molecule has 0 saturated carbocycles. The lowest BCUT2D eigenvalue weighted by atomic mass is 9.94. The molecule has 2 aromatic rings. The molecule has 0 radical (unpaired) electrons. The first-order valence-corrected chi connectivity index (χ1v) is 11.5. The number of hydrogen-bond acceptors (Lipinski definition) is 5. The lowest BCUT2D eigenvalue weighted by Gasteiger charge is -2.26. The van der Waals surface area contributed by atoms with Gasteiger partial charge >= 0.3 is 0 Å². The van der Waals surface area contributed by atoms with E-state index in [2.05, 4.69) is 15.9 Å². The van der Waals surface area contributed by atoms with Crippen molar-refractivity contribution in [3.63, 3.8) is 0 Å². The Hall–Kier alpha value is -2.64. The molecule has 6 nitrogen and oxygen atoms in total. The molecular weight excluding hydrogens is 472 g/mol. The van der Waals surface area contributed by atoms with E-state index >= 15 is 0 Å². The van der Waals surface area contributed by atoms with Crippen molar-refractivity contribution in [3.05, 3.63) is 69.2 Å². The van der Waals surface area contributed by atoms with E-state index in [1.165, 1.54) is 0 Å². The summed E-state index contributed by atoms with van der Waals surface area (Å²) in [5.74, 6) is -0.711. The number of carbonyl (C=O) groups is 2. The maximum Gasteiger partial charge on any atom is 0.295 e. The first-order valence-electron chi connectivity index (χ1n) is 10.7. The van der Waals surface area contributed by atoms with Crippen molar-refractivity contribution in [1.82, 2.24) is 9.80 Å². The van der Waals surface area contributed by atoms with E-state index in [9.17, 15) is 14.7 Å². The zero-order valence-corrected chi connectivity index (χ0v) is 20.5. The Morgan fingerprint density at radius 1 is 1.16 bits per heavy atom. The van der Waals surface area contributed by atoms with Gasteiger partial charge in [0.1, 0.15) is 11.5 Å². The highest BCUT2D eigenvalue weighted by Gasteiger charge is 2.45. The summed E-state index contributed by atoms with van der Waals surface area (Å²) in [6, 6.07) is 12.2. The topological polar surface area (TPSA) is 70.1 Å². The van der Waals surface area contributed by atoms with Crippen LogP contribution in [-0.2, 0) is 9.59 Å². The second-order valence-corrected chi connectivity index (χ2v) is 9.03. The summed E-state index contributed by atoms with van der Waals surface area (Å²) in [6.07, 6.45) is 0.717. The summed E-state index contributed by atoms with van der Waals surface area (Å²) in [6.45, 7) is 5.49. The van der Waals surface area contributed by atoms with Gasteiger partial charge in [-0.25, -0.2) is 0 Å². The maximum atomic E-state index is 13.1. The average molecular weight is 501 g/mol. The molecule has 0 unspecified atom stereocenters. The van der Waals surface area contributed by atoms with Crippen LogP contribution in [0.3, 0.4) is 0 Å². The van der Waals surface area contributed by atoms with E-state index in [0.29, 0.717) is 24.5 Å². The Bertz CT molecular complexity index is 1030. The standard InChI is InChI=1S/C25H29BrN2O4/c1-5-32-19-11-12-20(16(2)15-19)23(29)21-22(17-7-9-18(26)10-8-17)28(25(31)24(21)30)14-6-13-27(3)4/h7-12,15,22,29H,5-6,13-14H2,1-4H3/t22-/m1/s1. The Kier molecular flexibility index (Phi) is 7.74. The number of likely N-dealkylation sites (tertiary alicyclic amines) is 1. The van der Waals surface area contributed by atoms with Crippen molar-refractivity contribution in [2.75, 3.05) is 33.8 Å². The summed E-state index contributed by atoms with van der Waals surface area (Å²) < 4.78 is 6.43. The minimum Gasteiger partial charge on any atom is -0.507 e. The second-order valence-electron chi connectivity index (χ2n) is 8.11.